The minimum absolute atomic E-state index is 0.0458. The number of unbranched alkanes of at least 4 members (excludes halogenated alkanes) is 5. The second-order valence-electron chi connectivity index (χ2n) is 6.07. The first kappa shape index (κ1) is 21.4. The van der Waals surface area contributed by atoms with Gasteiger partial charge in [-0.25, -0.2) is 0 Å². The van der Waals surface area contributed by atoms with E-state index >= 15 is 0 Å². The van der Waals surface area contributed by atoms with Gasteiger partial charge in [-0.3, -0.25) is 4.79 Å². The number of ketones is 2. The average Bonchev–Trinajstić information content (AvgIpc) is 2.51. The Balaban J connectivity index is 4.20. The van der Waals surface area contributed by atoms with E-state index in [0.29, 0.717) is 31.6 Å². The maximum absolute atomic E-state index is 11.5. The summed E-state index contributed by atoms with van der Waals surface area (Å²) >= 11 is 0. The van der Waals surface area contributed by atoms with Crippen LogP contribution >= 0.6 is 0 Å². The molecule has 0 aliphatic carbocycles. The van der Waals surface area contributed by atoms with E-state index in [1.54, 1.807) is 6.92 Å². The van der Waals surface area contributed by atoms with Crippen LogP contribution in [0.2, 0.25) is 0 Å². The third-order valence-corrected chi connectivity index (χ3v) is 3.74. The lowest BCUT2D eigenvalue weighted by Gasteiger charge is -2.16. The van der Waals surface area contributed by atoms with Crippen molar-refractivity contribution in [3.05, 3.63) is 30.7 Å². The van der Waals surface area contributed by atoms with Crippen molar-refractivity contribution in [2.75, 3.05) is 6.61 Å². The van der Waals surface area contributed by atoms with Gasteiger partial charge in [-0.1, -0.05) is 57.9 Å². The topological polar surface area (TPSA) is 43.4 Å². The molecule has 0 radical (unpaired) electrons. The Bertz CT molecular complexity index is 417. The first-order chi connectivity index (χ1) is 11.0. The number of rotatable bonds is 15. The second-order valence-corrected chi connectivity index (χ2v) is 6.07. The molecule has 0 rings (SSSR count). The van der Waals surface area contributed by atoms with Crippen LogP contribution in [0, 0.1) is 5.92 Å². The lowest BCUT2D eigenvalue weighted by atomic mass is 9.92. The Morgan fingerprint density at radius 3 is 2.30 bits per heavy atom. The van der Waals surface area contributed by atoms with E-state index in [0.717, 1.165) is 12.8 Å². The molecule has 1 unspecified atom stereocenters. The van der Waals surface area contributed by atoms with Crippen molar-refractivity contribution >= 4 is 11.6 Å². The van der Waals surface area contributed by atoms with Crippen molar-refractivity contribution in [2.24, 2.45) is 5.92 Å². The monoisotopic (exact) mass is 320 g/mol. The Hall–Kier alpha value is -1.60. The Morgan fingerprint density at radius 1 is 1.09 bits per heavy atom. The molecule has 0 heterocycles. The summed E-state index contributed by atoms with van der Waals surface area (Å²) in [5, 5.41) is 0. The van der Waals surface area contributed by atoms with Crippen LogP contribution in [0.15, 0.2) is 30.7 Å². The molecule has 3 nitrogen and oxygen atoms in total. The maximum atomic E-state index is 11.5. The first-order valence-electron chi connectivity index (χ1n) is 8.69. The molecule has 0 aliphatic rings. The van der Waals surface area contributed by atoms with E-state index in [-0.39, 0.29) is 17.5 Å². The molecule has 0 amide bonds. The molecule has 0 saturated carbocycles. The molecular formula is C20H32O3. The van der Waals surface area contributed by atoms with Crippen molar-refractivity contribution in [1.82, 2.24) is 0 Å². The van der Waals surface area contributed by atoms with Crippen molar-refractivity contribution in [1.29, 1.82) is 0 Å². The van der Waals surface area contributed by atoms with Crippen LogP contribution in [0.1, 0.15) is 71.6 Å². The predicted octanol–water partition coefficient (Wildman–Crippen LogP) is 5.16. The molecule has 0 fully saturated rings. The number of hydrogen-bond donors (Lipinski definition) is 0. The van der Waals surface area contributed by atoms with E-state index in [1.807, 2.05) is 0 Å². The zero-order valence-electron chi connectivity index (χ0n) is 14.9. The highest BCUT2D eigenvalue weighted by Crippen LogP contribution is 2.21. The summed E-state index contributed by atoms with van der Waals surface area (Å²) < 4.78 is 5.72. The number of allylic oxidation sites excluding steroid dienone is 2. The summed E-state index contributed by atoms with van der Waals surface area (Å²) in [6.07, 6.45) is 9.76. The Kier molecular flexibility index (Phi) is 13.0. The predicted molar refractivity (Wildman–Crippen MR) is 95.2 cm³/mol. The lowest BCUT2D eigenvalue weighted by Crippen LogP contribution is -2.12. The van der Waals surface area contributed by atoms with E-state index < -0.39 is 0 Å². The fourth-order valence-corrected chi connectivity index (χ4v) is 2.51. The van der Waals surface area contributed by atoms with Crippen molar-refractivity contribution in [2.45, 2.75) is 71.6 Å². The van der Waals surface area contributed by atoms with Gasteiger partial charge in [-0.05, 0) is 25.3 Å². The number of Topliss-reactive ketones (excluding diaryl/α,β-unsaturated/α-hetero) is 1. The van der Waals surface area contributed by atoms with Crippen molar-refractivity contribution < 1.29 is 14.3 Å². The molecule has 1 atom stereocenters. The molecule has 0 bridgehead atoms. The van der Waals surface area contributed by atoms with Gasteiger partial charge in [0.25, 0.3) is 0 Å². The van der Waals surface area contributed by atoms with Crippen LogP contribution in [0.5, 0.6) is 0 Å². The Morgan fingerprint density at radius 2 is 1.74 bits per heavy atom. The maximum Gasteiger partial charge on any atom is 0.155 e. The molecule has 0 spiro atoms. The molecule has 0 aromatic rings. The SMILES string of the molecule is C=C=C(CC(CC(C)=O)CC(=O)C=C)OCCCCCCCC. The van der Waals surface area contributed by atoms with Gasteiger partial charge >= 0.3 is 0 Å². The molecular weight excluding hydrogens is 288 g/mol. The standard InChI is InChI=1S/C20H32O3/c1-5-8-9-10-11-12-13-23-20(7-3)16-18(14-17(4)21)15-19(22)6-2/h6,18H,2-3,5,8-16H2,1,4H3. The van der Waals surface area contributed by atoms with Gasteiger partial charge in [-0.2, -0.15) is 0 Å². The van der Waals surface area contributed by atoms with Gasteiger partial charge in [0.15, 0.2) is 5.78 Å². The van der Waals surface area contributed by atoms with Crippen LogP contribution in [0.3, 0.4) is 0 Å². The minimum atomic E-state index is -0.0631. The number of carbonyl (C=O) groups is 2. The van der Waals surface area contributed by atoms with Crippen LogP contribution in [0.4, 0.5) is 0 Å². The first-order valence-corrected chi connectivity index (χ1v) is 8.69. The molecule has 0 aromatic heterocycles. The van der Waals surface area contributed by atoms with Crippen LogP contribution in [0.25, 0.3) is 0 Å². The van der Waals surface area contributed by atoms with Gasteiger partial charge in [0.05, 0.1) is 6.61 Å². The zero-order chi connectivity index (χ0) is 17.5. The van der Waals surface area contributed by atoms with Crippen LogP contribution in [-0.4, -0.2) is 18.2 Å². The van der Waals surface area contributed by atoms with Gasteiger partial charge in [0.2, 0.25) is 0 Å². The third kappa shape index (κ3) is 12.6. The molecule has 0 aromatic carbocycles. The summed E-state index contributed by atoms with van der Waals surface area (Å²) in [4.78, 5) is 22.9. The van der Waals surface area contributed by atoms with Crippen LogP contribution in [-0.2, 0) is 14.3 Å². The van der Waals surface area contributed by atoms with Crippen molar-refractivity contribution in [3.8, 4) is 0 Å². The molecule has 0 saturated heterocycles. The third-order valence-electron chi connectivity index (χ3n) is 3.74. The summed E-state index contributed by atoms with van der Waals surface area (Å²) in [7, 11) is 0. The molecule has 0 aliphatic heterocycles. The largest absolute Gasteiger partial charge is 0.490 e. The van der Waals surface area contributed by atoms with E-state index in [1.165, 1.54) is 31.8 Å². The average molecular weight is 320 g/mol. The minimum Gasteiger partial charge on any atom is -0.490 e. The van der Waals surface area contributed by atoms with E-state index in [9.17, 15) is 9.59 Å². The van der Waals surface area contributed by atoms with Gasteiger partial charge in [-0.15, -0.1) is 0 Å². The fraction of sp³-hybridized carbons (Fsp3) is 0.650. The van der Waals surface area contributed by atoms with Gasteiger partial charge in [0, 0.05) is 19.3 Å². The van der Waals surface area contributed by atoms with Gasteiger partial charge in [0.1, 0.15) is 11.5 Å². The lowest BCUT2D eigenvalue weighted by molar-refractivity contribution is -0.118. The highest BCUT2D eigenvalue weighted by molar-refractivity contribution is 5.89. The number of ether oxygens (including phenoxy) is 1. The fourth-order valence-electron chi connectivity index (χ4n) is 2.51. The zero-order valence-corrected chi connectivity index (χ0v) is 14.9. The van der Waals surface area contributed by atoms with Crippen molar-refractivity contribution in [3.63, 3.8) is 0 Å². The molecule has 23 heavy (non-hydrogen) atoms. The molecule has 130 valence electrons. The number of hydrogen-bond acceptors (Lipinski definition) is 3. The Labute approximate surface area is 141 Å². The van der Waals surface area contributed by atoms with Crippen LogP contribution < -0.4 is 0 Å². The molecule has 3 heteroatoms. The molecule has 0 N–H and O–H groups in total. The smallest absolute Gasteiger partial charge is 0.155 e. The number of carbonyl (C=O) groups excluding carboxylic acids is 2. The summed E-state index contributed by atoms with van der Waals surface area (Å²) in [5.41, 5.74) is 2.80. The summed E-state index contributed by atoms with van der Waals surface area (Å²) in [6, 6.07) is 0. The second kappa shape index (κ2) is 14.0. The normalized spacial score (nSPS) is 11.4. The summed E-state index contributed by atoms with van der Waals surface area (Å²) in [6.45, 7) is 11.5. The quantitative estimate of drug-likeness (QED) is 0.181. The highest BCUT2D eigenvalue weighted by Gasteiger charge is 2.17. The highest BCUT2D eigenvalue weighted by atomic mass is 16.5. The van der Waals surface area contributed by atoms with Gasteiger partial charge < -0.3 is 9.53 Å². The summed E-state index contributed by atoms with van der Waals surface area (Å²) in [5.74, 6) is 0.621. The van der Waals surface area contributed by atoms with E-state index in [4.69, 9.17) is 4.74 Å². The van der Waals surface area contributed by atoms with E-state index in [2.05, 4.69) is 25.8 Å².